The highest BCUT2D eigenvalue weighted by atomic mass is 32.2. The van der Waals surface area contributed by atoms with E-state index in [0.29, 0.717) is 21.9 Å². The Morgan fingerprint density at radius 3 is 2.41 bits per heavy atom. The van der Waals surface area contributed by atoms with Crippen molar-refractivity contribution < 1.29 is 4.39 Å². The SMILES string of the molecule is Cc1ccc(-n2c(SCc3ccc(F)cc3)nc3c(-c4ccccc4)c[nH]c3c2=O)cc1. The van der Waals surface area contributed by atoms with Gasteiger partial charge in [0.25, 0.3) is 5.56 Å². The molecule has 32 heavy (non-hydrogen) atoms. The maximum Gasteiger partial charge on any atom is 0.283 e. The molecule has 0 atom stereocenters. The van der Waals surface area contributed by atoms with Gasteiger partial charge in [0.15, 0.2) is 5.16 Å². The van der Waals surface area contributed by atoms with Crippen LogP contribution in [0.15, 0.2) is 95.0 Å². The molecular formula is C26H20FN3OS. The fourth-order valence-electron chi connectivity index (χ4n) is 3.62. The Kier molecular flexibility index (Phi) is 5.37. The number of nitrogens with one attached hydrogen (secondary N) is 1. The van der Waals surface area contributed by atoms with E-state index in [9.17, 15) is 9.18 Å². The lowest BCUT2D eigenvalue weighted by Gasteiger charge is -2.13. The Balaban J connectivity index is 1.66. The van der Waals surface area contributed by atoms with Gasteiger partial charge in [0, 0.05) is 17.5 Å². The van der Waals surface area contributed by atoms with E-state index in [-0.39, 0.29) is 11.4 Å². The summed E-state index contributed by atoms with van der Waals surface area (Å²) in [5.41, 5.74) is 5.67. The van der Waals surface area contributed by atoms with Crippen LogP contribution in [0.2, 0.25) is 0 Å². The molecule has 6 heteroatoms. The Morgan fingerprint density at radius 2 is 1.69 bits per heavy atom. The number of benzene rings is 3. The average molecular weight is 442 g/mol. The molecule has 0 aliphatic rings. The highest BCUT2D eigenvalue weighted by molar-refractivity contribution is 7.98. The number of aryl methyl sites for hydroxylation is 1. The Bertz CT molecular complexity index is 1440. The van der Waals surface area contributed by atoms with Crippen molar-refractivity contribution in [2.45, 2.75) is 17.8 Å². The molecule has 0 amide bonds. The van der Waals surface area contributed by atoms with Gasteiger partial charge < -0.3 is 4.98 Å². The molecule has 0 radical (unpaired) electrons. The minimum absolute atomic E-state index is 0.150. The van der Waals surface area contributed by atoms with Gasteiger partial charge >= 0.3 is 0 Å². The van der Waals surface area contributed by atoms with Gasteiger partial charge in [-0.2, -0.15) is 0 Å². The van der Waals surface area contributed by atoms with Crippen LogP contribution in [0.25, 0.3) is 27.8 Å². The van der Waals surface area contributed by atoms with Crippen LogP contribution in [-0.4, -0.2) is 14.5 Å². The van der Waals surface area contributed by atoms with Gasteiger partial charge in [0.05, 0.1) is 5.69 Å². The first kappa shape index (κ1) is 20.3. The average Bonchev–Trinajstić information content (AvgIpc) is 3.24. The molecule has 2 heterocycles. The molecule has 2 aromatic heterocycles. The predicted molar refractivity (Wildman–Crippen MR) is 128 cm³/mol. The molecule has 158 valence electrons. The summed E-state index contributed by atoms with van der Waals surface area (Å²) < 4.78 is 14.9. The Labute approximate surface area is 188 Å². The van der Waals surface area contributed by atoms with Crippen LogP contribution in [0.4, 0.5) is 4.39 Å². The number of rotatable bonds is 5. The van der Waals surface area contributed by atoms with Crippen molar-refractivity contribution in [3.05, 3.63) is 112 Å². The van der Waals surface area contributed by atoms with Gasteiger partial charge in [0.2, 0.25) is 0 Å². The second kappa shape index (κ2) is 8.48. The molecule has 4 nitrogen and oxygen atoms in total. The van der Waals surface area contributed by atoms with Crippen molar-refractivity contribution in [1.82, 2.24) is 14.5 Å². The lowest BCUT2D eigenvalue weighted by Crippen LogP contribution is -2.21. The zero-order valence-electron chi connectivity index (χ0n) is 17.4. The third kappa shape index (κ3) is 3.85. The molecule has 0 spiro atoms. The highest BCUT2D eigenvalue weighted by Crippen LogP contribution is 2.30. The smallest absolute Gasteiger partial charge is 0.283 e. The fourth-order valence-corrected chi connectivity index (χ4v) is 4.59. The number of thioether (sulfide) groups is 1. The summed E-state index contributed by atoms with van der Waals surface area (Å²) in [5.74, 6) is 0.296. The molecular weight excluding hydrogens is 421 g/mol. The van der Waals surface area contributed by atoms with Crippen molar-refractivity contribution in [3.63, 3.8) is 0 Å². The quantitative estimate of drug-likeness (QED) is 0.264. The van der Waals surface area contributed by atoms with Crippen LogP contribution >= 0.6 is 11.8 Å². The van der Waals surface area contributed by atoms with Crippen LogP contribution in [-0.2, 0) is 5.75 Å². The molecule has 0 aliphatic heterocycles. The second-order valence-electron chi connectivity index (χ2n) is 7.58. The van der Waals surface area contributed by atoms with E-state index in [4.69, 9.17) is 4.98 Å². The van der Waals surface area contributed by atoms with Gasteiger partial charge in [-0.05, 0) is 42.3 Å². The first-order valence-electron chi connectivity index (χ1n) is 10.2. The summed E-state index contributed by atoms with van der Waals surface area (Å²) in [6.07, 6.45) is 1.84. The zero-order chi connectivity index (χ0) is 22.1. The number of nitrogens with zero attached hydrogens (tertiary/aromatic N) is 2. The van der Waals surface area contributed by atoms with Gasteiger partial charge in [0.1, 0.15) is 16.9 Å². The van der Waals surface area contributed by atoms with Crippen LogP contribution in [0.3, 0.4) is 0 Å². The standard InChI is InChI=1S/C26H20FN3OS/c1-17-7-13-21(14-8-17)30-25(31)24-23(22(15-28-24)19-5-3-2-4-6-19)29-26(30)32-16-18-9-11-20(27)12-10-18/h2-15,28H,16H2,1H3. The topological polar surface area (TPSA) is 50.7 Å². The molecule has 0 aliphatic carbocycles. The van der Waals surface area contributed by atoms with E-state index in [1.165, 1.54) is 23.9 Å². The summed E-state index contributed by atoms with van der Waals surface area (Å²) >= 11 is 1.46. The lowest BCUT2D eigenvalue weighted by atomic mass is 10.1. The van der Waals surface area contributed by atoms with Crippen molar-refractivity contribution in [2.75, 3.05) is 0 Å². The minimum atomic E-state index is -0.269. The monoisotopic (exact) mass is 441 g/mol. The fraction of sp³-hybridized carbons (Fsp3) is 0.0769. The van der Waals surface area contributed by atoms with Crippen molar-refractivity contribution >= 4 is 22.8 Å². The third-order valence-electron chi connectivity index (χ3n) is 5.33. The third-order valence-corrected chi connectivity index (χ3v) is 6.34. The maximum absolute atomic E-state index is 13.6. The van der Waals surface area contributed by atoms with Gasteiger partial charge in [-0.25, -0.2) is 9.37 Å². The normalized spacial score (nSPS) is 11.2. The van der Waals surface area contributed by atoms with E-state index in [1.54, 1.807) is 16.7 Å². The molecule has 5 rings (SSSR count). The number of hydrogen-bond donors (Lipinski definition) is 1. The highest BCUT2D eigenvalue weighted by Gasteiger charge is 2.18. The maximum atomic E-state index is 13.6. The number of hydrogen-bond acceptors (Lipinski definition) is 3. The molecule has 0 unspecified atom stereocenters. The molecule has 0 bridgehead atoms. The molecule has 1 N–H and O–H groups in total. The zero-order valence-corrected chi connectivity index (χ0v) is 18.2. The Hall–Kier alpha value is -3.64. The summed E-state index contributed by atoms with van der Waals surface area (Å²) in [4.78, 5) is 21.6. The van der Waals surface area contributed by atoms with E-state index in [1.807, 2.05) is 67.7 Å². The molecule has 0 saturated carbocycles. The van der Waals surface area contributed by atoms with E-state index in [2.05, 4.69) is 4.98 Å². The molecule has 0 saturated heterocycles. The Morgan fingerprint density at radius 1 is 0.969 bits per heavy atom. The number of fused-ring (bicyclic) bond motifs is 1. The summed E-state index contributed by atoms with van der Waals surface area (Å²) in [6, 6.07) is 24.1. The van der Waals surface area contributed by atoms with E-state index < -0.39 is 0 Å². The van der Waals surface area contributed by atoms with Crippen LogP contribution < -0.4 is 5.56 Å². The first-order chi connectivity index (χ1) is 15.6. The van der Waals surface area contributed by atoms with Gasteiger partial charge in [-0.3, -0.25) is 9.36 Å². The lowest BCUT2D eigenvalue weighted by molar-refractivity contribution is 0.627. The van der Waals surface area contributed by atoms with E-state index in [0.717, 1.165) is 27.9 Å². The van der Waals surface area contributed by atoms with Crippen molar-refractivity contribution in [2.24, 2.45) is 0 Å². The number of halogens is 1. The second-order valence-corrected chi connectivity index (χ2v) is 8.52. The summed E-state index contributed by atoms with van der Waals surface area (Å²) in [5, 5.41) is 0.590. The molecule has 0 fully saturated rings. The number of aromatic nitrogens is 3. The van der Waals surface area contributed by atoms with Crippen molar-refractivity contribution in [1.29, 1.82) is 0 Å². The first-order valence-corrected chi connectivity index (χ1v) is 11.2. The van der Waals surface area contributed by atoms with Crippen LogP contribution in [0, 0.1) is 12.7 Å². The predicted octanol–water partition coefficient (Wildman–Crippen LogP) is 6.12. The van der Waals surface area contributed by atoms with Crippen LogP contribution in [0.1, 0.15) is 11.1 Å². The largest absolute Gasteiger partial charge is 0.355 e. The summed E-state index contributed by atoms with van der Waals surface area (Å²) in [7, 11) is 0. The minimum Gasteiger partial charge on any atom is -0.355 e. The van der Waals surface area contributed by atoms with Crippen LogP contribution in [0.5, 0.6) is 0 Å². The number of H-pyrrole nitrogens is 1. The molecule has 5 aromatic rings. The molecule has 3 aromatic carbocycles. The van der Waals surface area contributed by atoms with Gasteiger partial charge in [-0.15, -0.1) is 0 Å². The summed E-state index contributed by atoms with van der Waals surface area (Å²) in [6.45, 7) is 2.01. The van der Waals surface area contributed by atoms with E-state index >= 15 is 0 Å². The van der Waals surface area contributed by atoms with Gasteiger partial charge in [-0.1, -0.05) is 71.9 Å². The van der Waals surface area contributed by atoms with Crippen molar-refractivity contribution in [3.8, 4) is 16.8 Å². The number of aromatic amines is 1.